The van der Waals surface area contributed by atoms with Gasteiger partial charge >= 0.3 is 0 Å². The Morgan fingerprint density at radius 1 is 1.44 bits per heavy atom. The number of methoxy groups -OCH3 is 1. The molecule has 0 aliphatic heterocycles. The average molecular weight is 224 g/mol. The molecule has 0 bridgehead atoms. The van der Waals surface area contributed by atoms with Crippen LogP contribution in [-0.4, -0.2) is 43.9 Å². The predicted octanol–water partition coefficient (Wildman–Crippen LogP) is 0.617. The van der Waals surface area contributed by atoms with Crippen molar-refractivity contribution in [3.05, 3.63) is 29.8 Å². The van der Waals surface area contributed by atoms with Crippen molar-refractivity contribution in [2.75, 3.05) is 27.7 Å². The second-order valence-corrected chi connectivity index (χ2v) is 3.99. The van der Waals surface area contributed by atoms with E-state index >= 15 is 0 Å². The van der Waals surface area contributed by atoms with E-state index in [9.17, 15) is 5.11 Å². The Kier molecular flexibility index (Phi) is 4.73. The largest absolute Gasteiger partial charge is 0.497 e. The van der Waals surface area contributed by atoms with E-state index in [0.717, 1.165) is 11.3 Å². The van der Waals surface area contributed by atoms with E-state index in [4.69, 9.17) is 10.5 Å². The van der Waals surface area contributed by atoms with Crippen LogP contribution in [0.25, 0.3) is 0 Å². The van der Waals surface area contributed by atoms with Crippen LogP contribution in [-0.2, 0) is 0 Å². The second-order valence-electron chi connectivity index (χ2n) is 3.99. The molecular formula is C12H20N2O2. The number of ether oxygens (including phenoxy) is 1. The Hall–Kier alpha value is -1.10. The third kappa shape index (κ3) is 2.95. The lowest BCUT2D eigenvalue weighted by Gasteiger charge is -2.28. The van der Waals surface area contributed by atoms with Crippen molar-refractivity contribution in [2.45, 2.75) is 12.1 Å². The van der Waals surface area contributed by atoms with Gasteiger partial charge in [-0.1, -0.05) is 12.1 Å². The molecule has 2 unspecified atom stereocenters. The lowest BCUT2D eigenvalue weighted by molar-refractivity contribution is 0.0822. The first kappa shape index (κ1) is 13.0. The second kappa shape index (κ2) is 5.84. The first-order chi connectivity index (χ1) is 7.60. The van der Waals surface area contributed by atoms with Crippen LogP contribution in [0.2, 0.25) is 0 Å². The summed E-state index contributed by atoms with van der Waals surface area (Å²) in [6.07, 6.45) is -0.581. The van der Waals surface area contributed by atoms with Gasteiger partial charge in [-0.2, -0.15) is 0 Å². The van der Waals surface area contributed by atoms with Crippen LogP contribution < -0.4 is 10.5 Å². The zero-order valence-electron chi connectivity index (χ0n) is 10.1. The minimum atomic E-state index is -0.581. The molecule has 1 aromatic rings. The van der Waals surface area contributed by atoms with E-state index < -0.39 is 6.10 Å². The van der Waals surface area contributed by atoms with Crippen LogP contribution in [0, 0.1) is 0 Å². The summed E-state index contributed by atoms with van der Waals surface area (Å²) in [4.78, 5) is 1.95. The molecule has 2 atom stereocenters. The highest BCUT2D eigenvalue weighted by molar-refractivity contribution is 5.31. The number of benzene rings is 1. The maximum Gasteiger partial charge on any atom is 0.119 e. The van der Waals surface area contributed by atoms with Crippen LogP contribution in [0.5, 0.6) is 5.75 Å². The number of nitrogens with two attached hydrogens (primary N) is 1. The van der Waals surface area contributed by atoms with Gasteiger partial charge in [0, 0.05) is 6.54 Å². The quantitative estimate of drug-likeness (QED) is 0.769. The number of nitrogens with zero attached hydrogens (tertiary/aromatic N) is 1. The summed E-state index contributed by atoms with van der Waals surface area (Å²) in [6.45, 7) is 0.236. The van der Waals surface area contributed by atoms with Gasteiger partial charge in [0.25, 0.3) is 0 Å². The van der Waals surface area contributed by atoms with Crippen LogP contribution in [0.1, 0.15) is 11.6 Å². The number of hydrogen-bond donors (Lipinski definition) is 2. The van der Waals surface area contributed by atoms with Gasteiger partial charge in [-0.3, -0.25) is 0 Å². The van der Waals surface area contributed by atoms with Crippen LogP contribution in [0.4, 0.5) is 0 Å². The van der Waals surface area contributed by atoms with Gasteiger partial charge in [-0.15, -0.1) is 0 Å². The molecule has 0 saturated carbocycles. The Morgan fingerprint density at radius 2 is 2.12 bits per heavy atom. The van der Waals surface area contributed by atoms with Gasteiger partial charge in [0.2, 0.25) is 0 Å². The van der Waals surface area contributed by atoms with Crippen molar-refractivity contribution < 1.29 is 9.84 Å². The molecule has 0 heterocycles. The van der Waals surface area contributed by atoms with Gasteiger partial charge in [0.15, 0.2) is 0 Å². The first-order valence-electron chi connectivity index (χ1n) is 5.28. The van der Waals surface area contributed by atoms with Crippen LogP contribution in [0.15, 0.2) is 24.3 Å². The smallest absolute Gasteiger partial charge is 0.119 e. The number of hydrogen-bond acceptors (Lipinski definition) is 4. The van der Waals surface area contributed by atoms with E-state index in [1.807, 2.05) is 43.3 Å². The summed E-state index contributed by atoms with van der Waals surface area (Å²) in [5.74, 6) is 0.786. The van der Waals surface area contributed by atoms with E-state index in [2.05, 4.69) is 0 Å². The minimum absolute atomic E-state index is 0.111. The summed E-state index contributed by atoms with van der Waals surface area (Å²) in [7, 11) is 5.47. The normalized spacial score (nSPS) is 14.9. The zero-order valence-corrected chi connectivity index (χ0v) is 10.1. The predicted molar refractivity (Wildman–Crippen MR) is 64.5 cm³/mol. The zero-order chi connectivity index (χ0) is 12.1. The van der Waals surface area contributed by atoms with Gasteiger partial charge < -0.3 is 20.5 Å². The van der Waals surface area contributed by atoms with Crippen LogP contribution >= 0.6 is 0 Å². The van der Waals surface area contributed by atoms with Crippen LogP contribution in [0.3, 0.4) is 0 Å². The monoisotopic (exact) mass is 224 g/mol. The van der Waals surface area contributed by atoms with Crippen molar-refractivity contribution in [1.82, 2.24) is 4.90 Å². The lowest BCUT2D eigenvalue weighted by atomic mass is 10.00. The van der Waals surface area contributed by atoms with Crippen molar-refractivity contribution in [3.8, 4) is 5.75 Å². The van der Waals surface area contributed by atoms with Gasteiger partial charge in [-0.05, 0) is 31.8 Å². The molecule has 1 aromatic carbocycles. The van der Waals surface area contributed by atoms with E-state index in [1.165, 1.54) is 0 Å². The molecule has 4 heteroatoms. The van der Waals surface area contributed by atoms with E-state index in [1.54, 1.807) is 7.11 Å². The molecule has 0 fully saturated rings. The molecule has 1 rings (SSSR count). The summed E-state index contributed by atoms with van der Waals surface area (Å²) in [5, 5.41) is 9.90. The molecule has 0 saturated heterocycles. The molecule has 0 aliphatic carbocycles. The Morgan fingerprint density at radius 3 is 2.62 bits per heavy atom. The molecule has 4 nitrogen and oxygen atoms in total. The highest BCUT2D eigenvalue weighted by Crippen LogP contribution is 2.25. The molecule has 0 amide bonds. The molecular weight excluding hydrogens is 204 g/mol. The van der Waals surface area contributed by atoms with Gasteiger partial charge in [-0.25, -0.2) is 0 Å². The minimum Gasteiger partial charge on any atom is -0.497 e. The Bertz CT molecular complexity index is 329. The standard InChI is InChI=1S/C12H20N2O2/c1-14(2)12(11(15)8-13)9-5-4-6-10(7-9)16-3/h4-7,11-12,15H,8,13H2,1-3H3. The maximum atomic E-state index is 9.90. The number of aliphatic hydroxyl groups excluding tert-OH is 1. The Labute approximate surface area is 96.6 Å². The lowest BCUT2D eigenvalue weighted by Crippen LogP contribution is -2.36. The molecule has 0 aliphatic rings. The van der Waals surface area contributed by atoms with Crippen molar-refractivity contribution in [3.63, 3.8) is 0 Å². The molecule has 90 valence electrons. The fourth-order valence-electron chi connectivity index (χ4n) is 1.82. The highest BCUT2D eigenvalue weighted by Gasteiger charge is 2.22. The SMILES string of the molecule is COc1cccc(C(C(O)CN)N(C)C)c1. The number of rotatable bonds is 5. The van der Waals surface area contributed by atoms with Crippen molar-refractivity contribution in [2.24, 2.45) is 5.73 Å². The summed E-state index contributed by atoms with van der Waals surface area (Å²) >= 11 is 0. The number of aliphatic hydroxyl groups is 1. The first-order valence-corrected chi connectivity index (χ1v) is 5.28. The summed E-state index contributed by atoms with van der Waals surface area (Å²) < 4.78 is 5.17. The average Bonchev–Trinajstić information content (AvgIpc) is 2.29. The van der Waals surface area contributed by atoms with Crippen molar-refractivity contribution in [1.29, 1.82) is 0 Å². The molecule has 16 heavy (non-hydrogen) atoms. The fraction of sp³-hybridized carbons (Fsp3) is 0.500. The third-order valence-corrected chi connectivity index (χ3v) is 2.60. The highest BCUT2D eigenvalue weighted by atomic mass is 16.5. The van der Waals surface area contributed by atoms with Gasteiger partial charge in [0.05, 0.1) is 19.3 Å². The molecule has 0 spiro atoms. The Balaban J connectivity index is 3.00. The third-order valence-electron chi connectivity index (χ3n) is 2.60. The number of likely N-dealkylation sites (N-methyl/N-ethyl adjacent to an activating group) is 1. The maximum absolute atomic E-state index is 9.90. The van der Waals surface area contributed by atoms with Gasteiger partial charge in [0.1, 0.15) is 5.75 Å². The van der Waals surface area contributed by atoms with Crippen molar-refractivity contribution >= 4 is 0 Å². The summed E-state index contributed by atoms with van der Waals surface area (Å²) in [6, 6.07) is 7.56. The fourth-order valence-corrected chi connectivity index (χ4v) is 1.82. The molecule has 0 aromatic heterocycles. The molecule has 0 radical (unpaired) electrons. The summed E-state index contributed by atoms with van der Waals surface area (Å²) in [5.41, 5.74) is 6.51. The van der Waals surface area contributed by atoms with E-state index in [0.29, 0.717) is 0 Å². The molecule has 3 N–H and O–H groups in total. The topological polar surface area (TPSA) is 58.7 Å². The van der Waals surface area contributed by atoms with E-state index in [-0.39, 0.29) is 12.6 Å².